The lowest BCUT2D eigenvalue weighted by atomic mass is 10.1. The Bertz CT molecular complexity index is 334. The van der Waals surface area contributed by atoms with Gasteiger partial charge < -0.3 is 10.2 Å². The highest BCUT2D eigenvalue weighted by Crippen LogP contribution is 2.20. The average molecular weight is 179 g/mol. The van der Waals surface area contributed by atoms with Gasteiger partial charge in [0.1, 0.15) is 5.75 Å². The van der Waals surface area contributed by atoms with E-state index in [4.69, 9.17) is 15.7 Å². The fraction of sp³-hybridized carbons (Fsp3) is 0.250. The van der Waals surface area contributed by atoms with E-state index in [-0.39, 0.29) is 12.4 Å². The van der Waals surface area contributed by atoms with Crippen LogP contribution in [0.1, 0.15) is 11.6 Å². The molecule has 0 spiro atoms. The van der Waals surface area contributed by atoms with E-state index < -0.39 is 6.04 Å². The van der Waals surface area contributed by atoms with Gasteiger partial charge in [0.05, 0.1) is 12.6 Å². The van der Waals surface area contributed by atoms with Crippen molar-refractivity contribution in [2.75, 3.05) is 6.61 Å². The van der Waals surface area contributed by atoms with Crippen molar-refractivity contribution in [1.82, 2.24) is 0 Å². The molecule has 0 aliphatic carbocycles. The highest BCUT2D eigenvalue weighted by molar-refractivity contribution is 5.29. The lowest BCUT2D eigenvalue weighted by Crippen LogP contribution is -1.99. The van der Waals surface area contributed by atoms with Crippen molar-refractivity contribution in [2.24, 2.45) is 5.11 Å². The number of azide groups is 1. The fourth-order valence-electron chi connectivity index (χ4n) is 1.00. The summed E-state index contributed by atoms with van der Waals surface area (Å²) in [7, 11) is 0. The Hall–Kier alpha value is -1.71. The molecule has 0 aliphatic rings. The second-order valence-corrected chi connectivity index (χ2v) is 2.50. The molecule has 1 aromatic rings. The van der Waals surface area contributed by atoms with Crippen molar-refractivity contribution in [3.63, 3.8) is 0 Å². The third-order valence-corrected chi connectivity index (χ3v) is 1.62. The number of benzene rings is 1. The summed E-state index contributed by atoms with van der Waals surface area (Å²) < 4.78 is 0. The van der Waals surface area contributed by atoms with Gasteiger partial charge in [-0.2, -0.15) is 0 Å². The number of rotatable bonds is 3. The molecule has 0 bridgehead atoms. The topological polar surface area (TPSA) is 89.2 Å². The van der Waals surface area contributed by atoms with E-state index >= 15 is 0 Å². The van der Waals surface area contributed by atoms with Gasteiger partial charge in [-0.25, -0.2) is 0 Å². The van der Waals surface area contributed by atoms with Crippen LogP contribution in [0.2, 0.25) is 0 Å². The van der Waals surface area contributed by atoms with E-state index in [1.54, 1.807) is 12.1 Å². The molecule has 0 aromatic heterocycles. The zero-order valence-corrected chi connectivity index (χ0v) is 6.83. The fourth-order valence-corrected chi connectivity index (χ4v) is 1.00. The molecule has 13 heavy (non-hydrogen) atoms. The van der Waals surface area contributed by atoms with Gasteiger partial charge in [0, 0.05) is 4.91 Å². The van der Waals surface area contributed by atoms with Crippen LogP contribution in [0, 0.1) is 0 Å². The van der Waals surface area contributed by atoms with Gasteiger partial charge >= 0.3 is 0 Å². The zero-order valence-electron chi connectivity index (χ0n) is 6.83. The lowest BCUT2D eigenvalue weighted by Gasteiger charge is -2.07. The van der Waals surface area contributed by atoms with Gasteiger partial charge in [-0.1, -0.05) is 17.2 Å². The maximum atomic E-state index is 9.11. The first-order valence-electron chi connectivity index (χ1n) is 3.72. The van der Waals surface area contributed by atoms with Gasteiger partial charge in [0.2, 0.25) is 0 Å². The van der Waals surface area contributed by atoms with Gasteiger partial charge in [-0.05, 0) is 23.2 Å². The molecule has 0 saturated heterocycles. The maximum Gasteiger partial charge on any atom is 0.115 e. The Kier molecular flexibility index (Phi) is 3.14. The van der Waals surface area contributed by atoms with Crippen LogP contribution in [0.4, 0.5) is 0 Å². The van der Waals surface area contributed by atoms with Crippen LogP contribution >= 0.6 is 0 Å². The molecule has 1 unspecified atom stereocenters. The maximum absolute atomic E-state index is 9.11. The Morgan fingerprint density at radius 2 is 2.31 bits per heavy atom. The number of aliphatic hydroxyl groups is 1. The number of hydrogen-bond acceptors (Lipinski definition) is 3. The van der Waals surface area contributed by atoms with Crippen LogP contribution in [0.5, 0.6) is 5.75 Å². The van der Waals surface area contributed by atoms with E-state index in [1.807, 2.05) is 0 Å². The molecule has 1 aromatic carbocycles. The molecule has 1 atom stereocenters. The lowest BCUT2D eigenvalue weighted by molar-refractivity contribution is 0.267. The predicted molar refractivity (Wildman–Crippen MR) is 47.1 cm³/mol. The largest absolute Gasteiger partial charge is 0.508 e. The van der Waals surface area contributed by atoms with Crippen molar-refractivity contribution >= 4 is 0 Å². The molecule has 1 rings (SSSR count). The van der Waals surface area contributed by atoms with Crippen molar-refractivity contribution in [2.45, 2.75) is 6.04 Å². The first kappa shape index (κ1) is 9.38. The average Bonchev–Trinajstić information content (AvgIpc) is 2.14. The van der Waals surface area contributed by atoms with E-state index in [9.17, 15) is 0 Å². The van der Waals surface area contributed by atoms with Crippen molar-refractivity contribution in [3.8, 4) is 5.75 Å². The summed E-state index contributed by atoms with van der Waals surface area (Å²) in [5.74, 6) is 0.0871. The molecule has 0 saturated carbocycles. The summed E-state index contributed by atoms with van der Waals surface area (Å²) in [6.45, 7) is -0.270. The van der Waals surface area contributed by atoms with Crippen molar-refractivity contribution in [1.29, 1.82) is 0 Å². The Labute approximate surface area is 74.9 Å². The zero-order chi connectivity index (χ0) is 9.68. The second-order valence-electron chi connectivity index (χ2n) is 2.50. The van der Waals surface area contributed by atoms with Crippen molar-refractivity contribution < 1.29 is 10.2 Å². The van der Waals surface area contributed by atoms with Crippen LogP contribution < -0.4 is 0 Å². The van der Waals surface area contributed by atoms with Crippen LogP contribution in [0.25, 0.3) is 10.4 Å². The number of aromatic hydroxyl groups is 1. The standard InChI is InChI=1S/C8H9N3O2/c9-11-10-8(5-12)6-2-1-3-7(13)4-6/h1-4,8,12-13H,5H2. The summed E-state index contributed by atoms with van der Waals surface area (Å²) in [6, 6.07) is 5.64. The van der Waals surface area contributed by atoms with Crippen LogP contribution in [-0.2, 0) is 0 Å². The molecule has 0 radical (unpaired) electrons. The van der Waals surface area contributed by atoms with E-state index in [0.29, 0.717) is 5.56 Å². The van der Waals surface area contributed by atoms with Crippen molar-refractivity contribution in [3.05, 3.63) is 40.3 Å². The summed E-state index contributed by atoms with van der Waals surface area (Å²) in [5, 5.41) is 21.3. The minimum atomic E-state index is -0.628. The van der Waals surface area contributed by atoms with Gasteiger partial charge in [-0.3, -0.25) is 0 Å². The molecule has 5 heteroatoms. The Balaban J connectivity index is 2.97. The minimum Gasteiger partial charge on any atom is -0.508 e. The minimum absolute atomic E-state index is 0.0871. The molecule has 0 amide bonds. The normalized spacial score (nSPS) is 11.8. The van der Waals surface area contributed by atoms with E-state index in [2.05, 4.69) is 10.0 Å². The predicted octanol–water partition coefficient (Wildman–Crippen LogP) is 1.74. The SMILES string of the molecule is [N-]=[N+]=NC(CO)c1cccc(O)c1. The summed E-state index contributed by atoms with van der Waals surface area (Å²) in [6.07, 6.45) is 0. The van der Waals surface area contributed by atoms with Crippen LogP contribution in [-0.4, -0.2) is 16.8 Å². The molecule has 0 fully saturated rings. The van der Waals surface area contributed by atoms with Gasteiger partial charge in [0.15, 0.2) is 0 Å². The monoisotopic (exact) mass is 179 g/mol. The molecule has 0 aliphatic heterocycles. The molecule has 0 heterocycles. The quantitative estimate of drug-likeness (QED) is 0.420. The van der Waals surface area contributed by atoms with Crippen LogP contribution in [0.15, 0.2) is 29.4 Å². The summed E-state index contributed by atoms with van der Waals surface area (Å²) >= 11 is 0. The highest BCUT2D eigenvalue weighted by Gasteiger charge is 2.07. The third kappa shape index (κ3) is 2.37. The number of hydrogen-bond donors (Lipinski definition) is 2. The first-order chi connectivity index (χ1) is 6.27. The highest BCUT2D eigenvalue weighted by atomic mass is 16.3. The van der Waals surface area contributed by atoms with Gasteiger partial charge in [-0.15, -0.1) is 0 Å². The van der Waals surface area contributed by atoms with E-state index in [1.165, 1.54) is 12.1 Å². The Morgan fingerprint density at radius 3 is 2.85 bits per heavy atom. The Morgan fingerprint density at radius 1 is 1.54 bits per heavy atom. The summed E-state index contributed by atoms with van der Waals surface area (Å²) in [5.41, 5.74) is 8.78. The number of nitrogens with zero attached hydrogens (tertiary/aromatic N) is 3. The molecular formula is C8H9N3O2. The molecule has 5 nitrogen and oxygen atoms in total. The van der Waals surface area contributed by atoms with Gasteiger partial charge in [0.25, 0.3) is 0 Å². The first-order valence-corrected chi connectivity index (χ1v) is 3.72. The number of phenols is 1. The molecule has 2 N–H and O–H groups in total. The number of phenolic OH excluding ortho intramolecular Hbond substituents is 1. The third-order valence-electron chi connectivity index (χ3n) is 1.62. The second kappa shape index (κ2) is 4.35. The van der Waals surface area contributed by atoms with Crippen LogP contribution in [0.3, 0.4) is 0 Å². The molecular weight excluding hydrogens is 170 g/mol. The molecule has 68 valence electrons. The summed E-state index contributed by atoms with van der Waals surface area (Å²) in [4.78, 5) is 2.60. The number of aliphatic hydroxyl groups excluding tert-OH is 1. The smallest absolute Gasteiger partial charge is 0.115 e. The van der Waals surface area contributed by atoms with E-state index in [0.717, 1.165) is 0 Å².